The SMILES string of the molecule is Cl.N=C(N)N/N=C/c1c(O)ccc2ccccc12. The highest BCUT2D eigenvalue weighted by Crippen LogP contribution is 2.25. The predicted octanol–water partition coefficient (Wildman–Crippen LogP) is 1.78. The van der Waals surface area contributed by atoms with Gasteiger partial charge in [0.25, 0.3) is 0 Å². The Kier molecular flexibility index (Phi) is 4.51. The molecule has 2 aromatic rings. The number of hydrogen-bond acceptors (Lipinski definition) is 3. The van der Waals surface area contributed by atoms with Gasteiger partial charge in [0.05, 0.1) is 6.21 Å². The number of aromatic hydroxyl groups is 1. The molecule has 0 fully saturated rings. The molecule has 0 aliphatic carbocycles. The Bertz CT molecular complexity index is 598. The van der Waals surface area contributed by atoms with Crippen LogP contribution in [0, 0.1) is 5.41 Å². The van der Waals surface area contributed by atoms with E-state index < -0.39 is 0 Å². The van der Waals surface area contributed by atoms with Gasteiger partial charge in [-0.3, -0.25) is 5.41 Å². The van der Waals surface area contributed by atoms with Gasteiger partial charge < -0.3 is 10.8 Å². The van der Waals surface area contributed by atoms with Crippen molar-refractivity contribution in [3.05, 3.63) is 42.0 Å². The van der Waals surface area contributed by atoms with Crippen LogP contribution in [0.15, 0.2) is 41.5 Å². The summed E-state index contributed by atoms with van der Waals surface area (Å²) in [4.78, 5) is 0. The molecule has 0 aliphatic rings. The van der Waals surface area contributed by atoms with Gasteiger partial charge in [0.15, 0.2) is 0 Å². The molecular formula is C12H13ClN4O. The lowest BCUT2D eigenvalue weighted by molar-refractivity contribution is 0.475. The number of guanidine groups is 1. The summed E-state index contributed by atoms with van der Waals surface area (Å²) < 4.78 is 0. The van der Waals surface area contributed by atoms with E-state index in [1.165, 1.54) is 6.21 Å². The van der Waals surface area contributed by atoms with Crippen LogP contribution in [-0.4, -0.2) is 17.3 Å². The van der Waals surface area contributed by atoms with Gasteiger partial charge in [-0.25, -0.2) is 5.43 Å². The zero-order valence-corrected chi connectivity index (χ0v) is 10.2. The van der Waals surface area contributed by atoms with Crippen LogP contribution in [0.5, 0.6) is 5.75 Å². The first kappa shape index (κ1) is 13.8. The Balaban J connectivity index is 0.00000162. The normalized spacial score (nSPS) is 10.2. The number of fused-ring (bicyclic) bond motifs is 1. The number of nitrogens with two attached hydrogens (primary N) is 1. The molecule has 6 heteroatoms. The molecule has 0 heterocycles. The highest BCUT2D eigenvalue weighted by molar-refractivity contribution is 6.02. The Morgan fingerprint density at radius 3 is 2.72 bits per heavy atom. The first-order valence-corrected chi connectivity index (χ1v) is 5.02. The second-order valence-electron chi connectivity index (χ2n) is 3.50. The lowest BCUT2D eigenvalue weighted by atomic mass is 10.0. The van der Waals surface area contributed by atoms with Crippen LogP contribution in [-0.2, 0) is 0 Å². The third-order valence-electron chi connectivity index (χ3n) is 2.33. The quantitative estimate of drug-likeness (QED) is 0.378. The smallest absolute Gasteiger partial charge is 0.206 e. The molecule has 5 nitrogen and oxygen atoms in total. The molecule has 0 saturated carbocycles. The van der Waals surface area contributed by atoms with Crippen molar-refractivity contribution in [3.8, 4) is 5.75 Å². The van der Waals surface area contributed by atoms with E-state index in [9.17, 15) is 5.11 Å². The molecule has 0 amide bonds. The zero-order valence-electron chi connectivity index (χ0n) is 9.42. The summed E-state index contributed by atoms with van der Waals surface area (Å²) in [6.07, 6.45) is 1.44. The summed E-state index contributed by atoms with van der Waals surface area (Å²) in [6.45, 7) is 0. The van der Waals surface area contributed by atoms with Gasteiger partial charge in [-0.15, -0.1) is 12.4 Å². The largest absolute Gasteiger partial charge is 0.507 e. The van der Waals surface area contributed by atoms with E-state index in [1.807, 2.05) is 30.3 Å². The molecule has 0 unspecified atom stereocenters. The minimum Gasteiger partial charge on any atom is -0.507 e. The molecule has 5 N–H and O–H groups in total. The molecule has 0 radical (unpaired) electrons. The van der Waals surface area contributed by atoms with Crippen molar-refractivity contribution in [2.45, 2.75) is 0 Å². The van der Waals surface area contributed by atoms with E-state index in [2.05, 4.69) is 10.5 Å². The fourth-order valence-electron chi connectivity index (χ4n) is 1.59. The number of hydrazone groups is 1. The fraction of sp³-hybridized carbons (Fsp3) is 0. The molecule has 2 rings (SSSR count). The number of rotatable bonds is 2. The highest BCUT2D eigenvalue weighted by Gasteiger charge is 2.03. The number of halogens is 1. The summed E-state index contributed by atoms with van der Waals surface area (Å²) in [5.41, 5.74) is 8.00. The lowest BCUT2D eigenvalue weighted by Crippen LogP contribution is -2.25. The predicted molar refractivity (Wildman–Crippen MR) is 75.5 cm³/mol. The van der Waals surface area contributed by atoms with Gasteiger partial charge in [0, 0.05) is 5.56 Å². The Morgan fingerprint density at radius 2 is 2.00 bits per heavy atom. The van der Waals surface area contributed by atoms with E-state index in [0.717, 1.165) is 10.8 Å². The number of phenolic OH excluding ortho intramolecular Hbond substituents is 1. The Morgan fingerprint density at radius 1 is 1.28 bits per heavy atom. The molecule has 0 atom stereocenters. The summed E-state index contributed by atoms with van der Waals surface area (Å²) in [5, 5.41) is 22.4. The van der Waals surface area contributed by atoms with Gasteiger partial charge in [-0.05, 0) is 16.8 Å². The summed E-state index contributed by atoms with van der Waals surface area (Å²) in [7, 11) is 0. The third kappa shape index (κ3) is 2.89. The molecule has 18 heavy (non-hydrogen) atoms. The van der Waals surface area contributed by atoms with Crippen LogP contribution in [0.2, 0.25) is 0 Å². The van der Waals surface area contributed by atoms with Gasteiger partial charge in [0.1, 0.15) is 5.75 Å². The average molecular weight is 265 g/mol. The van der Waals surface area contributed by atoms with Crippen LogP contribution in [0.25, 0.3) is 10.8 Å². The van der Waals surface area contributed by atoms with Crippen LogP contribution in [0.1, 0.15) is 5.56 Å². The molecule has 0 spiro atoms. The Labute approximate surface area is 110 Å². The van der Waals surface area contributed by atoms with Crippen LogP contribution in [0.3, 0.4) is 0 Å². The lowest BCUT2D eigenvalue weighted by Gasteiger charge is -2.04. The van der Waals surface area contributed by atoms with Crippen molar-refractivity contribution in [3.63, 3.8) is 0 Å². The van der Waals surface area contributed by atoms with Crippen LogP contribution in [0.4, 0.5) is 0 Å². The van der Waals surface area contributed by atoms with Gasteiger partial charge in [0.2, 0.25) is 5.96 Å². The van der Waals surface area contributed by atoms with Gasteiger partial charge in [-0.2, -0.15) is 5.10 Å². The monoisotopic (exact) mass is 264 g/mol. The van der Waals surface area contributed by atoms with Crippen molar-refractivity contribution in [2.24, 2.45) is 10.8 Å². The van der Waals surface area contributed by atoms with Gasteiger partial charge >= 0.3 is 0 Å². The number of hydrogen-bond donors (Lipinski definition) is 4. The third-order valence-corrected chi connectivity index (χ3v) is 2.33. The molecule has 2 aromatic carbocycles. The van der Waals surface area contributed by atoms with E-state index in [4.69, 9.17) is 11.1 Å². The maximum absolute atomic E-state index is 9.77. The topological polar surface area (TPSA) is 94.5 Å². The first-order chi connectivity index (χ1) is 8.18. The molecule has 94 valence electrons. The van der Waals surface area contributed by atoms with Crippen molar-refractivity contribution < 1.29 is 5.11 Å². The number of phenols is 1. The maximum atomic E-state index is 9.77. The van der Waals surface area contributed by atoms with E-state index in [0.29, 0.717) is 5.56 Å². The summed E-state index contributed by atoms with van der Waals surface area (Å²) in [5.74, 6) is -0.112. The minimum atomic E-state index is -0.249. The molecular weight excluding hydrogens is 252 g/mol. The van der Waals surface area contributed by atoms with Crippen LogP contribution >= 0.6 is 12.4 Å². The van der Waals surface area contributed by atoms with Crippen molar-refractivity contribution >= 4 is 35.4 Å². The number of benzene rings is 2. The molecule has 0 bridgehead atoms. The standard InChI is InChI=1S/C12H12N4O.ClH/c13-12(14)16-15-7-10-9-4-2-1-3-8(9)5-6-11(10)17;/h1-7,17H,(H4,13,14,16);1H/b15-7+;. The highest BCUT2D eigenvalue weighted by atomic mass is 35.5. The first-order valence-electron chi connectivity index (χ1n) is 5.02. The average Bonchev–Trinajstić information content (AvgIpc) is 2.32. The number of nitrogens with zero attached hydrogens (tertiary/aromatic N) is 1. The fourth-order valence-corrected chi connectivity index (χ4v) is 1.59. The second kappa shape index (κ2) is 5.88. The maximum Gasteiger partial charge on any atom is 0.206 e. The van der Waals surface area contributed by atoms with Crippen molar-refractivity contribution in [2.75, 3.05) is 0 Å². The van der Waals surface area contributed by atoms with E-state index >= 15 is 0 Å². The van der Waals surface area contributed by atoms with Crippen molar-refractivity contribution in [1.82, 2.24) is 5.43 Å². The van der Waals surface area contributed by atoms with E-state index in [1.54, 1.807) is 6.07 Å². The van der Waals surface area contributed by atoms with Gasteiger partial charge in [-0.1, -0.05) is 30.3 Å². The summed E-state index contributed by atoms with van der Waals surface area (Å²) in [6, 6.07) is 11.1. The minimum absolute atomic E-state index is 0. The summed E-state index contributed by atoms with van der Waals surface area (Å²) >= 11 is 0. The second-order valence-corrected chi connectivity index (χ2v) is 3.50. The molecule has 0 aliphatic heterocycles. The van der Waals surface area contributed by atoms with E-state index in [-0.39, 0.29) is 24.1 Å². The number of nitrogens with one attached hydrogen (secondary N) is 2. The molecule has 0 saturated heterocycles. The van der Waals surface area contributed by atoms with Crippen molar-refractivity contribution in [1.29, 1.82) is 5.41 Å². The zero-order chi connectivity index (χ0) is 12.3. The Hall–Kier alpha value is -2.27. The van der Waals surface area contributed by atoms with Crippen LogP contribution < -0.4 is 11.2 Å². The molecule has 0 aromatic heterocycles.